The maximum atomic E-state index is 10.8. The van der Waals surface area contributed by atoms with Gasteiger partial charge in [0, 0.05) is 27.2 Å². The molecule has 0 bridgehead atoms. The molecule has 0 aliphatic rings. The van der Waals surface area contributed by atoms with Crippen molar-refractivity contribution in [1.82, 2.24) is 9.31 Å². The van der Waals surface area contributed by atoms with E-state index in [0.29, 0.717) is 13.1 Å². The van der Waals surface area contributed by atoms with E-state index in [1.165, 1.54) is 22.6 Å². The van der Waals surface area contributed by atoms with Gasteiger partial charge in [-0.25, -0.2) is 17.7 Å². The predicted molar refractivity (Wildman–Crippen MR) is 44.3 cm³/mol. The number of hydrogen-bond acceptors (Lipinski definition) is 4. The summed E-state index contributed by atoms with van der Waals surface area (Å²) in [6, 6.07) is 0. The molecule has 0 atom stereocenters. The normalized spacial score (nSPS) is 12.9. The van der Waals surface area contributed by atoms with E-state index < -0.39 is 10.0 Å². The van der Waals surface area contributed by atoms with Gasteiger partial charge in [0.1, 0.15) is 0 Å². The van der Waals surface area contributed by atoms with E-state index in [1.807, 2.05) is 0 Å². The molecule has 0 aromatic heterocycles. The third-order valence-corrected chi connectivity index (χ3v) is 2.65. The summed E-state index contributed by atoms with van der Waals surface area (Å²) in [6.45, 7) is 0.954. The van der Waals surface area contributed by atoms with Crippen molar-refractivity contribution in [2.24, 2.45) is 5.84 Å². The smallest absolute Gasteiger partial charge is 0.210 e. The number of nitrogens with two attached hydrogens (primary N) is 1. The first-order valence-corrected chi connectivity index (χ1v) is 5.06. The monoisotopic (exact) mass is 181 g/mol. The number of sulfonamides is 1. The van der Waals surface area contributed by atoms with E-state index in [4.69, 9.17) is 5.84 Å². The zero-order chi connectivity index (χ0) is 9.07. The minimum absolute atomic E-state index is 0.422. The van der Waals surface area contributed by atoms with E-state index >= 15 is 0 Å². The Balaban J connectivity index is 3.81. The van der Waals surface area contributed by atoms with Crippen molar-refractivity contribution in [2.45, 2.75) is 0 Å². The van der Waals surface area contributed by atoms with Crippen LogP contribution in [0.25, 0.3) is 0 Å². The van der Waals surface area contributed by atoms with Gasteiger partial charge in [0.25, 0.3) is 0 Å². The molecule has 0 aromatic rings. The fourth-order valence-electron chi connectivity index (χ4n) is 0.464. The average molecular weight is 181 g/mol. The lowest BCUT2D eigenvalue weighted by Gasteiger charge is -2.16. The molecular formula is C5H15N3O2S. The fourth-order valence-corrected chi connectivity index (χ4v) is 0.878. The third kappa shape index (κ3) is 5.14. The second kappa shape index (κ2) is 4.01. The van der Waals surface area contributed by atoms with Gasteiger partial charge < -0.3 is 0 Å². The largest absolute Gasteiger partial charge is 0.269 e. The zero-order valence-electron chi connectivity index (χ0n) is 7.11. The SMILES string of the molecule is CN(N)CCN(C)S(C)(=O)=O. The van der Waals surface area contributed by atoms with Gasteiger partial charge in [-0.2, -0.15) is 0 Å². The Labute approximate surface area is 67.8 Å². The lowest BCUT2D eigenvalue weighted by atomic mass is 10.6. The van der Waals surface area contributed by atoms with E-state index in [0.717, 1.165) is 0 Å². The standard InChI is InChI=1S/C5H15N3O2S/c1-7(6)4-5-8(2)11(3,9)10/h4-6H2,1-3H3. The summed E-state index contributed by atoms with van der Waals surface area (Å²) in [4.78, 5) is 0. The highest BCUT2D eigenvalue weighted by molar-refractivity contribution is 7.88. The summed E-state index contributed by atoms with van der Waals surface area (Å²) in [5.74, 6) is 5.30. The van der Waals surface area contributed by atoms with Gasteiger partial charge in [0.2, 0.25) is 10.0 Å². The average Bonchev–Trinajstić information content (AvgIpc) is 1.80. The Bertz CT molecular complexity index is 200. The summed E-state index contributed by atoms with van der Waals surface area (Å²) in [7, 11) is 0.170. The summed E-state index contributed by atoms with van der Waals surface area (Å²) in [5.41, 5.74) is 0. The number of hydrazine groups is 1. The number of hydrogen-bond donors (Lipinski definition) is 1. The molecule has 0 amide bonds. The topological polar surface area (TPSA) is 66.6 Å². The number of rotatable bonds is 4. The molecule has 0 unspecified atom stereocenters. The van der Waals surface area contributed by atoms with E-state index in [9.17, 15) is 8.42 Å². The van der Waals surface area contributed by atoms with Gasteiger partial charge in [0.05, 0.1) is 6.26 Å². The van der Waals surface area contributed by atoms with Crippen LogP contribution in [0, 0.1) is 0 Å². The Morgan fingerprint density at radius 3 is 2.00 bits per heavy atom. The van der Waals surface area contributed by atoms with Crippen LogP contribution in [0.3, 0.4) is 0 Å². The van der Waals surface area contributed by atoms with Crippen LogP contribution < -0.4 is 5.84 Å². The first-order valence-electron chi connectivity index (χ1n) is 3.21. The molecule has 0 rings (SSSR count). The van der Waals surface area contributed by atoms with Crippen molar-refractivity contribution >= 4 is 10.0 Å². The van der Waals surface area contributed by atoms with Gasteiger partial charge in [-0.1, -0.05) is 0 Å². The maximum Gasteiger partial charge on any atom is 0.210 e. The highest BCUT2D eigenvalue weighted by atomic mass is 32.2. The van der Waals surface area contributed by atoms with Gasteiger partial charge in [-0.15, -0.1) is 0 Å². The van der Waals surface area contributed by atoms with Crippen molar-refractivity contribution in [2.75, 3.05) is 33.4 Å². The molecule has 0 fully saturated rings. The second-order valence-corrected chi connectivity index (χ2v) is 4.65. The molecule has 0 saturated carbocycles. The van der Waals surface area contributed by atoms with Crippen LogP contribution in [0.5, 0.6) is 0 Å². The molecule has 0 saturated heterocycles. The van der Waals surface area contributed by atoms with Crippen LogP contribution in [0.15, 0.2) is 0 Å². The summed E-state index contributed by atoms with van der Waals surface area (Å²) in [6.07, 6.45) is 1.17. The minimum atomic E-state index is -3.05. The minimum Gasteiger partial charge on any atom is -0.269 e. The van der Waals surface area contributed by atoms with Crippen molar-refractivity contribution in [3.8, 4) is 0 Å². The van der Waals surface area contributed by atoms with Crippen LogP contribution in [-0.4, -0.2) is 51.2 Å². The fraction of sp³-hybridized carbons (Fsp3) is 1.00. The highest BCUT2D eigenvalue weighted by Crippen LogP contribution is 1.91. The Kier molecular flexibility index (Phi) is 3.95. The lowest BCUT2D eigenvalue weighted by Crippen LogP contribution is -2.37. The Hall–Kier alpha value is -0.170. The van der Waals surface area contributed by atoms with Crippen molar-refractivity contribution in [3.05, 3.63) is 0 Å². The lowest BCUT2D eigenvalue weighted by molar-refractivity contribution is 0.318. The molecule has 0 heterocycles. The van der Waals surface area contributed by atoms with Crippen LogP contribution in [0.4, 0.5) is 0 Å². The molecule has 0 aliphatic carbocycles. The molecule has 68 valence electrons. The van der Waals surface area contributed by atoms with Crippen LogP contribution >= 0.6 is 0 Å². The summed E-state index contributed by atoms with van der Waals surface area (Å²) in [5, 5.41) is 1.45. The molecule has 0 aliphatic heterocycles. The first kappa shape index (κ1) is 10.8. The maximum absolute atomic E-state index is 10.8. The van der Waals surface area contributed by atoms with E-state index in [2.05, 4.69) is 0 Å². The Morgan fingerprint density at radius 1 is 1.27 bits per heavy atom. The number of nitrogens with zero attached hydrogens (tertiary/aromatic N) is 2. The molecule has 5 nitrogen and oxygen atoms in total. The highest BCUT2D eigenvalue weighted by Gasteiger charge is 2.09. The summed E-state index contributed by atoms with van der Waals surface area (Å²) < 4.78 is 22.9. The van der Waals surface area contributed by atoms with Gasteiger partial charge in [-0.3, -0.25) is 5.84 Å². The molecule has 11 heavy (non-hydrogen) atoms. The van der Waals surface area contributed by atoms with Crippen molar-refractivity contribution in [3.63, 3.8) is 0 Å². The Morgan fingerprint density at radius 2 is 1.73 bits per heavy atom. The molecule has 0 spiro atoms. The quantitative estimate of drug-likeness (QED) is 0.431. The molecular weight excluding hydrogens is 166 g/mol. The van der Waals surface area contributed by atoms with Gasteiger partial charge in [-0.05, 0) is 0 Å². The number of likely N-dealkylation sites (N-methyl/N-ethyl adjacent to an activating group) is 2. The van der Waals surface area contributed by atoms with E-state index in [1.54, 1.807) is 7.05 Å². The van der Waals surface area contributed by atoms with Crippen LogP contribution in [0.1, 0.15) is 0 Å². The van der Waals surface area contributed by atoms with Crippen LogP contribution in [0.2, 0.25) is 0 Å². The molecule has 6 heteroatoms. The van der Waals surface area contributed by atoms with Crippen molar-refractivity contribution in [1.29, 1.82) is 0 Å². The van der Waals surface area contributed by atoms with Gasteiger partial charge in [0.15, 0.2) is 0 Å². The molecule has 0 radical (unpaired) electrons. The van der Waals surface area contributed by atoms with Crippen LogP contribution in [-0.2, 0) is 10.0 Å². The molecule has 2 N–H and O–H groups in total. The molecule has 0 aromatic carbocycles. The van der Waals surface area contributed by atoms with Crippen molar-refractivity contribution < 1.29 is 8.42 Å². The first-order chi connectivity index (χ1) is 4.84. The second-order valence-electron chi connectivity index (χ2n) is 2.57. The van der Waals surface area contributed by atoms with E-state index in [-0.39, 0.29) is 0 Å². The summed E-state index contributed by atoms with van der Waals surface area (Å²) >= 11 is 0. The zero-order valence-corrected chi connectivity index (χ0v) is 7.93. The predicted octanol–water partition coefficient (Wildman–Crippen LogP) is -1.32. The third-order valence-electron chi connectivity index (χ3n) is 1.33. The van der Waals surface area contributed by atoms with Gasteiger partial charge >= 0.3 is 0 Å².